The number of benzene rings is 2. The van der Waals surface area contributed by atoms with Gasteiger partial charge in [-0.1, -0.05) is 54.6 Å². The molecular formula is C23H24N2. The van der Waals surface area contributed by atoms with E-state index in [1.165, 1.54) is 28.7 Å². The van der Waals surface area contributed by atoms with Gasteiger partial charge in [-0.3, -0.25) is 0 Å². The number of hydrogen-bond donors (Lipinski definition) is 1. The summed E-state index contributed by atoms with van der Waals surface area (Å²) >= 11 is 0. The molecule has 25 heavy (non-hydrogen) atoms. The van der Waals surface area contributed by atoms with Crippen molar-refractivity contribution >= 4 is 0 Å². The second kappa shape index (κ2) is 6.72. The third-order valence-electron chi connectivity index (χ3n) is 5.22. The molecule has 2 aromatic carbocycles. The minimum Gasteiger partial charge on any atom is -0.341 e. The lowest BCUT2D eigenvalue weighted by Gasteiger charge is -2.14. The van der Waals surface area contributed by atoms with Crippen LogP contribution in [0.3, 0.4) is 0 Å². The lowest BCUT2D eigenvalue weighted by Crippen LogP contribution is -2.02. The first-order chi connectivity index (χ1) is 12.2. The summed E-state index contributed by atoms with van der Waals surface area (Å²) in [7, 11) is 0. The normalized spacial score (nSPS) is 17.0. The monoisotopic (exact) mass is 328 g/mol. The van der Waals surface area contributed by atoms with E-state index in [4.69, 9.17) is 4.98 Å². The van der Waals surface area contributed by atoms with Crippen molar-refractivity contribution in [2.45, 2.75) is 39.0 Å². The zero-order chi connectivity index (χ0) is 17.2. The van der Waals surface area contributed by atoms with Gasteiger partial charge in [0.1, 0.15) is 5.82 Å². The molecule has 4 rings (SSSR count). The summed E-state index contributed by atoms with van der Waals surface area (Å²) < 4.78 is 0. The van der Waals surface area contributed by atoms with Crippen molar-refractivity contribution in [1.29, 1.82) is 0 Å². The van der Waals surface area contributed by atoms with Crippen LogP contribution in [0.25, 0.3) is 22.5 Å². The van der Waals surface area contributed by atoms with Crippen LogP contribution in [0.5, 0.6) is 0 Å². The molecule has 3 aromatic rings. The van der Waals surface area contributed by atoms with Gasteiger partial charge in [0.05, 0.1) is 11.4 Å². The van der Waals surface area contributed by atoms with Gasteiger partial charge in [0.25, 0.3) is 0 Å². The molecule has 0 spiro atoms. The Morgan fingerprint density at radius 2 is 1.76 bits per heavy atom. The molecule has 0 unspecified atom stereocenters. The van der Waals surface area contributed by atoms with E-state index in [1.54, 1.807) is 0 Å². The maximum atomic E-state index is 5.06. The Morgan fingerprint density at radius 1 is 0.920 bits per heavy atom. The van der Waals surface area contributed by atoms with Crippen LogP contribution >= 0.6 is 0 Å². The molecule has 0 amide bonds. The van der Waals surface area contributed by atoms with Crippen LogP contribution in [0.15, 0.2) is 60.7 Å². The molecule has 0 aliphatic heterocycles. The van der Waals surface area contributed by atoms with Crippen molar-refractivity contribution in [2.24, 2.45) is 0 Å². The Hall–Kier alpha value is -2.61. The van der Waals surface area contributed by atoms with Crippen molar-refractivity contribution < 1.29 is 0 Å². The van der Waals surface area contributed by atoms with E-state index in [1.807, 2.05) is 0 Å². The van der Waals surface area contributed by atoms with E-state index in [0.717, 1.165) is 30.1 Å². The topological polar surface area (TPSA) is 28.7 Å². The fourth-order valence-corrected chi connectivity index (χ4v) is 3.54. The molecule has 0 bridgehead atoms. The second-order valence-corrected chi connectivity index (χ2v) is 6.99. The van der Waals surface area contributed by atoms with Gasteiger partial charge < -0.3 is 4.98 Å². The zero-order valence-corrected chi connectivity index (χ0v) is 14.9. The lowest BCUT2D eigenvalue weighted by molar-refractivity contribution is 0.589. The summed E-state index contributed by atoms with van der Waals surface area (Å²) in [4.78, 5) is 8.72. The van der Waals surface area contributed by atoms with Crippen LogP contribution in [0.1, 0.15) is 42.1 Å². The predicted octanol–water partition coefficient (Wildman–Crippen LogP) is 6.18. The fourth-order valence-electron chi connectivity index (χ4n) is 3.54. The summed E-state index contributed by atoms with van der Waals surface area (Å²) in [5.74, 6) is 1.61. The van der Waals surface area contributed by atoms with Gasteiger partial charge in [-0.15, -0.1) is 0 Å². The number of aromatic nitrogens is 2. The molecular weight excluding hydrogens is 304 g/mol. The molecule has 0 saturated carbocycles. The molecule has 1 aliphatic carbocycles. The highest BCUT2D eigenvalue weighted by molar-refractivity contribution is 5.79. The van der Waals surface area contributed by atoms with Gasteiger partial charge in [0.2, 0.25) is 0 Å². The minimum absolute atomic E-state index is 0.493. The largest absolute Gasteiger partial charge is 0.341 e. The summed E-state index contributed by atoms with van der Waals surface area (Å²) in [6, 6.07) is 17.2. The predicted molar refractivity (Wildman–Crippen MR) is 105 cm³/mol. The number of imidazole rings is 1. The standard InChI is InChI=1S/C23H24N2/c1-16-13-14-20(15-17(16)2)22-21(18-9-5-3-6-10-18)24-23(25-22)19-11-7-4-8-12-19/h3-7,9-10,13-15,19H,8,11-12H2,1-2H3,(H,24,25)/t19-/m0/s1. The Labute approximate surface area is 149 Å². The molecule has 126 valence electrons. The molecule has 0 fully saturated rings. The van der Waals surface area contributed by atoms with Crippen LogP contribution in [-0.4, -0.2) is 9.97 Å². The average molecular weight is 328 g/mol. The third kappa shape index (κ3) is 3.17. The first-order valence-corrected chi connectivity index (χ1v) is 9.10. The van der Waals surface area contributed by atoms with Gasteiger partial charge in [-0.2, -0.15) is 0 Å². The van der Waals surface area contributed by atoms with Gasteiger partial charge >= 0.3 is 0 Å². The molecule has 0 radical (unpaired) electrons. The second-order valence-electron chi connectivity index (χ2n) is 6.99. The number of aromatic amines is 1. The number of allylic oxidation sites excluding steroid dienone is 2. The Morgan fingerprint density at radius 3 is 2.48 bits per heavy atom. The van der Waals surface area contributed by atoms with E-state index in [-0.39, 0.29) is 0 Å². The van der Waals surface area contributed by atoms with E-state index in [0.29, 0.717) is 5.92 Å². The van der Waals surface area contributed by atoms with Crippen molar-refractivity contribution in [3.63, 3.8) is 0 Å². The Kier molecular flexibility index (Phi) is 4.27. The van der Waals surface area contributed by atoms with Gasteiger partial charge in [-0.25, -0.2) is 4.98 Å². The highest BCUT2D eigenvalue weighted by atomic mass is 14.9. The number of rotatable bonds is 3. The summed E-state index contributed by atoms with van der Waals surface area (Å²) in [6.45, 7) is 4.32. The highest BCUT2D eigenvalue weighted by Gasteiger charge is 2.20. The number of nitrogens with zero attached hydrogens (tertiary/aromatic N) is 1. The highest BCUT2D eigenvalue weighted by Crippen LogP contribution is 2.35. The smallest absolute Gasteiger partial charge is 0.110 e. The van der Waals surface area contributed by atoms with Crippen LogP contribution in [0, 0.1) is 13.8 Å². The van der Waals surface area contributed by atoms with Crippen LogP contribution in [0.4, 0.5) is 0 Å². The maximum absolute atomic E-state index is 5.06. The number of nitrogens with one attached hydrogen (secondary N) is 1. The molecule has 1 aliphatic rings. The number of hydrogen-bond acceptors (Lipinski definition) is 1. The lowest BCUT2D eigenvalue weighted by atomic mass is 9.94. The van der Waals surface area contributed by atoms with Gasteiger partial charge in [0.15, 0.2) is 0 Å². The Balaban J connectivity index is 1.84. The van der Waals surface area contributed by atoms with Crippen LogP contribution in [0.2, 0.25) is 0 Å². The van der Waals surface area contributed by atoms with Gasteiger partial charge in [0, 0.05) is 17.0 Å². The van der Waals surface area contributed by atoms with Crippen molar-refractivity contribution in [1.82, 2.24) is 9.97 Å². The quantitative estimate of drug-likeness (QED) is 0.571. The Bertz CT molecular complexity index is 903. The number of aryl methyl sites for hydroxylation is 2. The molecule has 1 atom stereocenters. The van der Waals surface area contributed by atoms with E-state index >= 15 is 0 Å². The molecule has 0 saturated heterocycles. The molecule has 1 aromatic heterocycles. The van der Waals surface area contributed by atoms with E-state index < -0.39 is 0 Å². The number of H-pyrrole nitrogens is 1. The van der Waals surface area contributed by atoms with E-state index in [2.05, 4.69) is 79.5 Å². The van der Waals surface area contributed by atoms with Crippen molar-refractivity contribution in [2.75, 3.05) is 0 Å². The van der Waals surface area contributed by atoms with Crippen LogP contribution in [-0.2, 0) is 0 Å². The third-order valence-corrected chi connectivity index (χ3v) is 5.22. The van der Waals surface area contributed by atoms with Crippen molar-refractivity contribution in [3.8, 4) is 22.5 Å². The average Bonchev–Trinajstić information content (AvgIpc) is 3.11. The maximum Gasteiger partial charge on any atom is 0.110 e. The van der Waals surface area contributed by atoms with Crippen molar-refractivity contribution in [3.05, 3.63) is 77.6 Å². The molecule has 2 nitrogen and oxygen atoms in total. The zero-order valence-electron chi connectivity index (χ0n) is 14.9. The summed E-state index contributed by atoms with van der Waals surface area (Å²) in [6.07, 6.45) is 7.96. The first-order valence-electron chi connectivity index (χ1n) is 9.10. The fraction of sp³-hybridized carbons (Fsp3) is 0.261. The SMILES string of the molecule is Cc1ccc(-c2nc([C@H]3CC=CCC3)[nH]c2-c2ccccc2)cc1C. The van der Waals surface area contributed by atoms with Gasteiger partial charge in [-0.05, 0) is 50.3 Å². The summed E-state index contributed by atoms with van der Waals surface area (Å²) in [5, 5.41) is 0. The minimum atomic E-state index is 0.493. The molecule has 1 heterocycles. The molecule has 2 heteroatoms. The van der Waals surface area contributed by atoms with E-state index in [9.17, 15) is 0 Å². The van der Waals surface area contributed by atoms with Crippen LogP contribution < -0.4 is 0 Å². The molecule has 1 N–H and O–H groups in total. The summed E-state index contributed by atoms with van der Waals surface area (Å²) in [5.41, 5.74) is 7.21. The first kappa shape index (κ1) is 15.9.